The van der Waals surface area contributed by atoms with Crippen LogP contribution in [0, 0.1) is 0 Å². The number of benzene rings is 1. The minimum Gasteiger partial charge on any atom is -0.487 e. The maximum atomic E-state index is 6.19. The molecule has 0 unspecified atom stereocenters. The molecule has 5 nitrogen and oxygen atoms in total. The predicted octanol–water partition coefficient (Wildman–Crippen LogP) is 3.42. The number of nitrogens with two attached hydrogens (primary N) is 1. The fraction of sp³-hybridized carbons (Fsp3) is 0.562. The second kappa shape index (κ2) is 7.20. The molecule has 0 atom stereocenters. The van der Waals surface area contributed by atoms with Crippen molar-refractivity contribution in [2.75, 3.05) is 0 Å². The van der Waals surface area contributed by atoms with Crippen molar-refractivity contribution in [2.24, 2.45) is 5.73 Å². The van der Waals surface area contributed by atoms with Gasteiger partial charge in [0.05, 0.1) is 29.3 Å². The largest absolute Gasteiger partial charge is 0.487 e. The molecule has 1 aromatic heterocycles. The number of fused-ring (bicyclic) bond motifs is 1. The number of hydrogen-bond acceptors (Lipinski definition) is 4. The van der Waals surface area contributed by atoms with Crippen molar-refractivity contribution in [1.82, 2.24) is 10.2 Å². The number of nitrogens with one attached hydrogen (secondary N) is 1. The lowest BCUT2D eigenvalue weighted by atomic mass is 9.94. The molecule has 3 rings (SSSR count). The van der Waals surface area contributed by atoms with E-state index in [2.05, 4.69) is 10.2 Å². The molecule has 122 valence electrons. The number of aromatic amines is 1. The van der Waals surface area contributed by atoms with Gasteiger partial charge in [-0.2, -0.15) is 5.10 Å². The summed E-state index contributed by atoms with van der Waals surface area (Å²) in [6.45, 7) is 4.03. The van der Waals surface area contributed by atoms with Gasteiger partial charge in [0, 0.05) is 6.04 Å². The Morgan fingerprint density at radius 2 is 1.95 bits per heavy atom. The average Bonchev–Trinajstić information content (AvgIpc) is 2.92. The molecule has 0 radical (unpaired) electrons. The molecule has 1 aromatic carbocycles. The third-order valence-electron chi connectivity index (χ3n) is 3.90. The lowest BCUT2D eigenvalue weighted by molar-refractivity contribution is 0.136. The zero-order valence-electron chi connectivity index (χ0n) is 13.0. The van der Waals surface area contributed by atoms with E-state index < -0.39 is 0 Å². The van der Waals surface area contributed by atoms with E-state index in [1.807, 2.05) is 26.0 Å². The van der Waals surface area contributed by atoms with Crippen LogP contribution in [0.1, 0.15) is 39.5 Å². The van der Waals surface area contributed by atoms with Gasteiger partial charge in [-0.05, 0) is 51.7 Å². The molecular weight excluding hydrogens is 302 g/mol. The molecule has 0 aliphatic heterocycles. The second-order valence-corrected chi connectivity index (χ2v) is 6.05. The summed E-state index contributed by atoms with van der Waals surface area (Å²) in [4.78, 5) is 0. The van der Waals surface area contributed by atoms with Crippen molar-refractivity contribution in [3.8, 4) is 11.5 Å². The molecule has 6 heteroatoms. The molecule has 0 bridgehead atoms. The van der Waals surface area contributed by atoms with Gasteiger partial charge in [-0.1, -0.05) is 0 Å². The Hall–Kier alpha value is -1.46. The van der Waals surface area contributed by atoms with Gasteiger partial charge in [0.25, 0.3) is 0 Å². The Morgan fingerprint density at radius 1 is 1.23 bits per heavy atom. The first-order valence-corrected chi connectivity index (χ1v) is 7.68. The number of H-pyrrole nitrogens is 1. The molecule has 3 N–H and O–H groups in total. The van der Waals surface area contributed by atoms with Crippen LogP contribution >= 0.6 is 12.4 Å². The van der Waals surface area contributed by atoms with Crippen LogP contribution in [0.3, 0.4) is 0 Å². The van der Waals surface area contributed by atoms with Gasteiger partial charge in [-0.15, -0.1) is 12.4 Å². The highest BCUT2D eigenvalue weighted by atomic mass is 35.5. The summed E-state index contributed by atoms with van der Waals surface area (Å²) in [6, 6.07) is 4.28. The van der Waals surface area contributed by atoms with E-state index in [0.29, 0.717) is 6.04 Å². The van der Waals surface area contributed by atoms with Crippen LogP contribution < -0.4 is 15.2 Å². The monoisotopic (exact) mass is 325 g/mol. The van der Waals surface area contributed by atoms with Crippen molar-refractivity contribution in [3.05, 3.63) is 18.3 Å². The number of halogens is 1. The van der Waals surface area contributed by atoms with Crippen LogP contribution in [0.4, 0.5) is 0 Å². The summed E-state index contributed by atoms with van der Waals surface area (Å²) in [5, 5.41) is 8.02. The lowest BCUT2D eigenvalue weighted by Crippen LogP contribution is -2.31. The Bertz CT molecular complexity index is 606. The van der Waals surface area contributed by atoms with E-state index in [0.717, 1.165) is 48.1 Å². The smallest absolute Gasteiger partial charge is 0.172 e. The van der Waals surface area contributed by atoms with Crippen molar-refractivity contribution < 1.29 is 9.47 Å². The summed E-state index contributed by atoms with van der Waals surface area (Å²) in [5.74, 6) is 1.59. The average molecular weight is 326 g/mol. The highest BCUT2D eigenvalue weighted by Gasteiger charge is 2.22. The highest BCUT2D eigenvalue weighted by molar-refractivity contribution is 5.87. The summed E-state index contributed by atoms with van der Waals surface area (Å²) in [5.41, 5.74) is 6.92. The minimum atomic E-state index is 0. The third kappa shape index (κ3) is 3.65. The number of ether oxygens (including phenoxy) is 2. The summed E-state index contributed by atoms with van der Waals surface area (Å²) < 4.78 is 12.2. The SMILES string of the molecule is CC(C)Oc1c(O[C@H]2CC[C@@H](N)CC2)ccc2[nH]ncc12.Cl. The molecule has 1 saturated carbocycles. The van der Waals surface area contributed by atoms with Crippen molar-refractivity contribution in [3.63, 3.8) is 0 Å². The fourth-order valence-electron chi connectivity index (χ4n) is 2.81. The number of rotatable bonds is 4. The molecule has 1 fully saturated rings. The summed E-state index contributed by atoms with van der Waals surface area (Å²) in [7, 11) is 0. The maximum absolute atomic E-state index is 6.19. The van der Waals surface area contributed by atoms with E-state index in [9.17, 15) is 0 Å². The standard InChI is InChI=1S/C16H23N3O2.ClH/c1-10(2)20-16-13-9-18-19-14(13)7-8-15(16)21-12-5-3-11(17)4-6-12;/h7-12H,3-6,17H2,1-2H3,(H,18,19);1H/t11-,12+;. The van der Waals surface area contributed by atoms with Gasteiger partial charge in [-0.3, -0.25) is 5.10 Å². The van der Waals surface area contributed by atoms with Crippen LogP contribution in [-0.2, 0) is 0 Å². The molecule has 1 aliphatic rings. The molecule has 1 heterocycles. The van der Waals surface area contributed by atoms with Gasteiger partial charge in [0.2, 0.25) is 0 Å². The van der Waals surface area contributed by atoms with E-state index >= 15 is 0 Å². The third-order valence-corrected chi connectivity index (χ3v) is 3.90. The van der Waals surface area contributed by atoms with E-state index in [1.165, 1.54) is 0 Å². The second-order valence-electron chi connectivity index (χ2n) is 6.05. The minimum absolute atomic E-state index is 0. The van der Waals surface area contributed by atoms with Crippen LogP contribution in [0.25, 0.3) is 10.9 Å². The molecule has 0 spiro atoms. The molecule has 0 saturated heterocycles. The molecule has 22 heavy (non-hydrogen) atoms. The van der Waals surface area contributed by atoms with Crippen LogP contribution in [0.2, 0.25) is 0 Å². The van der Waals surface area contributed by atoms with Crippen molar-refractivity contribution in [1.29, 1.82) is 0 Å². The van der Waals surface area contributed by atoms with Crippen LogP contribution in [-0.4, -0.2) is 28.4 Å². The zero-order chi connectivity index (χ0) is 14.8. The van der Waals surface area contributed by atoms with Crippen LogP contribution in [0.15, 0.2) is 18.3 Å². The van der Waals surface area contributed by atoms with E-state index in [4.69, 9.17) is 15.2 Å². The van der Waals surface area contributed by atoms with Crippen molar-refractivity contribution >= 4 is 23.3 Å². The molecule has 2 aromatic rings. The number of hydrogen-bond donors (Lipinski definition) is 2. The maximum Gasteiger partial charge on any atom is 0.172 e. The summed E-state index contributed by atoms with van der Waals surface area (Å²) in [6.07, 6.45) is 6.17. The quantitative estimate of drug-likeness (QED) is 0.903. The van der Waals surface area contributed by atoms with Gasteiger partial charge in [0.1, 0.15) is 0 Å². The fourth-order valence-corrected chi connectivity index (χ4v) is 2.81. The highest BCUT2D eigenvalue weighted by Crippen LogP contribution is 2.37. The first-order valence-electron chi connectivity index (χ1n) is 7.68. The van der Waals surface area contributed by atoms with Gasteiger partial charge < -0.3 is 15.2 Å². The topological polar surface area (TPSA) is 73.2 Å². The van der Waals surface area contributed by atoms with Gasteiger partial charge >= 0.3 is 0 Å². The number of nitrogens with zero attached hydrogens (tertiary/aromatic N) is 1. The summed E-state index contributed by atoms with van der Waals surface area (Å²) >= 11 is 0. The van der Waals surface area contributed by atoms with Gasteiger partial charge in [0.15, 0.2) is 11.5 Å². The molecule has 1 aliphatic carbocycles. The molecular formula is C16H24ClN3O2. The van der Waals surface area contributed by atoms with Gasteiger partial charge in [-0.25, -0.2) is 0 Å². The predicted molar refractivity (Wildman–Crippen MR) is 90.0 cm³/mol. The van der Waals surface area contributed by atoms with E-state index in [-0.39, 0.29) is 24.6 Å². The Labute approximate surface area is 137 Å². The van der Waals surface area contributed by atoms with E-state index in [1.54, 1.807) is 6.20 Å². The Kier molecular flexibility index (Phi) is 5.53. The zero-order valence-corrected chi connectivity index (χ0v) is 13.9. The van der Waals surface area contributed by atoms with Crippen LogP contribution in [0.5, 0.6) is 11.5 Å². The first kappa shape index (κ1) is 16.9. The Morgan fingerprint density at radius 3 is 2.64 bits per heavy atom. The number of aromatic nitrogens is 2. The Balaban J connectivity index is 0.00000176. The first-order chi connectivity index (χ1) is 10.1. The lowest BCUT2D eigenvalue weighted by Gasteiger charge is -2.27. The normalized spacial score (nSPS) is 21.6. The molecule has 0 amide bonds. The van der Waals surface area contributed by atoms with Crippen molar-refractivity contribution in [2.45, 2.75) is 57.8 Å².